The van der Waals surface area contributed by atoms with Gasteiger partial charge in [-0.05, 0) is 30.7 Å². The van der Waals surface area contributed by atoms with Crippen molar-refractivity contribution in [3.63, 3.8) is 0 Å². The highest BCUT2D eigenvalue weighted by Gasteiger charge is 2.06. The van der Waals surface area contributed by atoms with Crippen LogP contribution in [0.5, 0.6) is 5.75 Å². The van der Waals surface area contributed by atoms with E-state index >= 15 is 0 Å². The Kier molecular flexibility index (Phi) is 4.39. The Labute approximate surface area is 112 Å². The van der Waals surface area contributed by atoms with Gasteiger partial charge in [0.25, 0.3) is 0 Å². The van der Waals surface area contributed by atoms with Crippen LogP contribution in [0.4, 0.5) is 0 Å². The van der Waals surface area contributed by atoms with Gasteiger partial charge >= 0.3 is 0 Å². The number of ether oxygens (including phenoxy) is 2. The van der Waals surface area contributed by atoms with Gasteiger partial charge in [-0.2, -0.15) is 0 Å². The molecule has 3 nitrogen and oxygen atoms in total. The van der Waals surface area contributed by atoms with Gasteiger partial charge < -0.3 is 9.47 Å². The second-order valence-corrected chi connectivity index (χ2v) is 4.46. The Hall–Kier alpha value is -1.32. The molecule has 0 spiro atoms. The summed E-state index contributed by atoms with van der Waals surface area (Å²) in [5.41, 5.74) is 1.69. The third kappa shape index (κ3) is 2.92. The van der Waals surface area contributed by atoms with Crippen LogP contribution in [-0.4, -0.2) is 18.7 Å². The van der Waals surface area contributed by atoms with Crippen LogP contribution in [0, 0.1) is 0 Å². The van der Waals surface area contributed by atoms with Gasteiger partial charge in [0.15, 0.2) is 0 Å². The summed E-state index contributed by atoms with van der Waals surface area (Å²) >= 11 is 6.25. The minimum absolute atomic E-state index is 0.462. The maximum Gasteiger partial charge on any atom is 0.120 e. The lowest BCUT2D eigenvalue weighted by molar-refractivity contribution is 0.182. The quantitative estimate of drug-likeness (QED) is 0.823. The van der Waals surface area contributed by atoms with Gasteiger partial charge in [-0.25, -0.2) is 0 Å². The van der Waals surface area contributed by atoms with Crippen LogP contribution in [-0.2, 0) is 11.3 Å². The molecule has 0 unspecified atom stereocenters. The summed E-state index contributed by atoms with van der Waals surface area (Å²) in [6.45, 7) is 3.24. The van der Waals surface area contributed by atoms with E-state index in [2.05, 4.69) is 11.9 Å². The molecule has 0 fully saturated rings. The molecule has 96 valence electrons. The molecule has 0 aliphatic rings. The van der Waals surface area contributed by atoms with E-state index in [0.29, 0.717) is 18.2 Å². The van der Waals surface area contributed by atoms with Gasteiger partial charge in [-0.1, -0.05) is 18.5 Å². The lowest BCUT2D eigenvalue weighted by Crippen LogP contribution is -1.96. The Balaban J connectivity index is 2.38. The summed E-state index contributed by atoms with van der Waals surface area (Å²) in [4.78, 5) is 4.48. The molecule has 1 aromatic carbocycles. The number of methoxy groups -OCH3 is 1. The molecule has 0 aliphatic carbocycles. The number of hydrogen-bond acceptors (Lipinski definition) is 3. The molecule has 0 N–H and O–H groups in total. The first-order valence-electron chi connectivity index (χ1n) is 5.95. The standard InChI is InChI=1S/C14H16ClNO2/c1-3-6-18-11-4-5-14-12(8-11)13(15)7-10(16-14)9-17-2/h4-5,7-8H,3,6,9H2,1-2H3. The molecule has 2 aromatic rings. The van der Waals surface area contributed by atoms with E-state index in [9.17, 15) is 0 Å². The molecule has 0 aliphatic heterocycles. The number of halogens is 1. The van der Waals surface area contributed by atoms with Gasteiger partial charge in [0, 0.05) is 12.5 Å². The molecule has 1 heterocycles. The topological polar surface area (TPSA) is 31.4 Å². The predicted octanol–water partition coefficient (Wildman–Crippen LogP) is 3.82. The minimum atomic E-state index is 0.462. The van der Waals surface area contributed by atoms with Crippen molar-refractivity contribution in [1.82, 2.24) is 4.98 Å². The Morgan fingerprint density at radius 3 is 2.83 bits per heavy atom. The predicted molar refractivity (Wildman–Crippen MR) is 73.3 cm³/mol. The van der Waals surface area contributed by atoms with E-state index in [1.807, 2.05) is 24.3 Å². The number of pyridine rings is 1. The number of fused-ring (bicyclic) bond motifs is 1. The fraction of sp³-hybridized carbons (Fsp3) is 0.357. The van der Waals surface area contributed by atoms with E-state index in [0.717, 1.165) is 28.8 Å². The fourth-order valence-corrected chi connectivity index (χ4v) is 2.02. The molecular weight excluding hydrogens is 250 g/mol. The largest absolute Gasteiger partial charge is 0.494 e. The minimum Gasteiger partial charge on any atom is -0.494 e. The zero-order chi connectivity index (χ0) is 13.0. The molecule has 0 radical (unpaired) electrons. The van der Waals surface area contributed by atoms with Crippen LogP contribution in [0.3, 0.4) is 0 Å². The first-order valence-corrected chi connectivity index (χ1v) is 6.33. The van der Waals surface area contributed by atoms with Crippen LogP contribution >= 0.6 is 11.6 Å². The second-order valence-electron chi connectivity index (χ2n) is 4.06. The average molecular weight is 266 g/mol. The van der Waals surface area contributed by atoms with Crippen molar-refractivity contribution >= 4 is 22.5 Å². The van der Waals surface area contributed by atoms with Gasteiger partial charge in [-0.15, -0.1) is 0 Å². The second kappa shape index (κ2) is 6.03. The fourth-order valence-electron chi connectivity index (χ4n) is 1.75. The van der Waals surface area contributed by atoms with Crippen LogP contribution in [0.25, 0.3) is 10.9 Å². The van der Waals surface area contributed by atoms with Crippen LogP contribution < -0.4 is 4.74 Å². The summed E-state index contributed by atoms with van der Waals surface area (Å²) < 4.78 is 10.6. The highest BCUT2D eigenvalue weighted by Crippen LogP contribution is 2.27. The molecule has 4 heteroatoms. The van der Waals surface area contributed by atoms with Gasteiger partial charge in [-0.3, -0.25) is 4.98 Å². The van der Waals surface area contributed by atoms with Gasteiger partial charge in [0.2, 0.25) is 0 Å². The molecule has 18 heavy (non-hydrogen) atoms. The molecule has 0 amide bonds. The summed E-state index contributed by atoms with van der Waals surface area (Å²) in [6.07, 6.45) is 0.983. The van der Waals surface area contributed by atoms with Gasteiger partial charge in [0.1, 0.15) is 5.75 Å². The third-order valence-electron chi connectivity index (χ3n) is 2.55. The van der Waals surface area contributed by atoms with Crippen molar-refractivity contribution in [2.75, 3.05) is 13.7 Å². The first-order chi connectivity index (χ1) is 8.74. The smallest absolute Gasteiger partial charge is 0.120 e. The zero-order valence-electron chi connectivity index (χ0n) is 10.6. The van der Waals surface area contributed by atoms with Crippen molar-refractivity contribution in [2.24, 2.45) is 0 Å². The number of rotatable bonds is 5. The van der Waals surface area contributed by atoms with Crippen molar-refractivity contribution in [3.05, 3.63) is 35.0 Å². The summed E-state index contributed by atoms with van der Waals surface area (Å²) in [6, 6.07) is 7.59. The SMILES string of the molecule is CCCOc1ccc2nc(COC)cc(Cl)c2c1. The highest BCUT2D eigenvalue weighted by molar-refractivity contribution is 6.35. The van der Waals surface area contributed by atoms with E-state index < -0.39 is 0 Å². The Bertz CT molecular complexity index is 543. The molecular formula is C14H16ClNO2. The normalized spacial score (nSPS) is 10.8. The van der Waals surface area contributed by atoms with E-state index in [1.165, 1.54) is 0 Å². The summed E-state index contributed by atoms with van der Waals surface area (Å²) in [5.74, 6) is 0.826. The van der Waals surface area contributed by atoms with Crippen molar-refractivity contribution in [1.29, 1.82) is 0 Å². The van der Waals surface area contributed by atoms with E-state index in [4.69, 9.17) is 21.1 Å². The van der Waals surface area contributed by atoms with Crippen LogP contribution in [0.1, 0.15) is 19.0 Å². The molecule has 0 atom stereocenters. The molecule has 1 aromatic heterocycles. The monoisotopic (exact) mass is 265 g/mol. The van der Waals surface area contributed by atoms with Crippen LogP contribution in [0.15, 0.2) is 24.3 Å². The Morgan fingerprint density at radius 2 is 2.11 bits per heavy atom. The molecule has 2 rings (SSSR count). The van der Waals surface area contributed by atoms with Crippen molar-refractivity contribution in [2.45, 2.75) is 20.0 Å². The number of aromatic nitrogens is 1. The maximum absolute atomic E-state index is 6.25. The average Bonchev–Trinajstić information content (AvgIpc) is 2.37. The summed E-state index contributed by atoms with van der Waals surface area (Å²) in [7, 11) is 1.64. The Morgan fingerprint density at radius 1 is 1.28 bits per heavy atom. The van der Waals surface area contributed by atoms with Gasteiger partial charge in [0.05, 0.1) is 29.4 Å². The lowest BCUT2D eigenvalue weighted by atomic mass is 10.2. The van der Waals surface area contributed by atoms with E-state index in [-0.39, 0.29) is 0 Å². The van der Waals surface area contributed by atoms with Crippen LogP contribution in [0.2, 0.25) is 5.02 Å². The number of benzene rings is 1. The molecule has 0 bridgehead atoms. The lowest BCUT2D eigenvalue weighted by Gasteiger charge is -2.08. The van der Waals surface area contributed by atoms with Crippen molar-refractivity contribution in [3.8, 4) is 5.75 Å². The highest BCUT2D eigenvalue weighted by atomic mass is 35.5. The zero-order valence-corrected chi connectivity index (χ0v) is 11.3. The summed E-state index contributed by atoms with van der Waals surface area (Å²) in [5, 5.41) is 1.58. The van der Waals surface area contributed by atoms with Crippen molar-refractivity contribution < 1.29 is 9.47 Å². The molecule has 0 saturated heterocycles. The van der Waals surface area contributed by atoms with E-state index in [1.54, 1.807) is 7.11 Å². The maximum atomic E-state index is 6.25. The number of hydrogen-bond donors (Lipinski definition) is 0. The molecule has 0 saturated carbocycles. The first kappa shape index (κ1) is 13.1. The third-order valence-corrected chi connectivity index (χ3v) is 2.86. The number of nitrogens with zero attached hydrogens (tertiary/aromatic N) is 1.